The van der Waals surface area contributed by atoms with Gasteiger partial charge in [-0.2, -0.15) is 0 Å². The molecule has 1 aliphatic heterocycles. The van der Waals surface area contributed by atoms with Crippen LogP contribution in [0.3, 0.4) is 0 Å². The lowest BCUT2D eigenvalue weighted by Crippen LogP contribution is -2.31. The van der Waals surface area contributed by atoms with E-state index in [1.54, 1.807) is 24.3 Å². The molecule has 0 fully saturated rings. The second-order valence-corrected chi connectivity index (χ2v) is 8.80. The number of rotatable bonds is 6. The van der Waals surface area contributed by atoms with E-state index in [-0.39, 0.29) is 18.4 Å². The quantitative estimate of drug-likeness (QED) is 0.434. The van der Waals surface area contributed by atoms with Crippen LogP contribution in [0.15, 0.2) is 54.6 Å². The molecule has 9 heteroatoms. The van der Waals surface area contributed by atoms with Gasteiger partial charge < -0.3 is 5.32 Å². The molecule has 2 amide bonds. The summed E-state index contributed by atoms with van der Waals surface area (Å²) in [5, 5.41) is 12.9. The minimum atomic E-state index is -0.265. The number of imide groups is 1. The van der Waals surface area contributed by atoms with Crippen molar-refractivity contribution in [2.75, 3.05) is 11.9 Å². The molecule has 0 saturated carbocycles. The van der Waals surface area contributed by atoms with Gasteiger partial charge in [0.15, 0.2) is 0 Å². The Morgan fingerprint density at radius 3 is 2.30 bits per heavy atom. The van der Waals surface area contributed by atoms with Crippen LogP contribution in [0, 0.1) is 13.8 Å². The maximum atomic E-state index is 12.5. The Hall–Kier alpha value is -3.98. The number of hydrogen-bond donors (Lipinski definition) is 1. The monoisotopic (exact) mass is 456 g/mol. The topological polar surface area (TPSA) is 101 Å². The first-order valence-corrected chi connectivity index (χ1v) is 11.3. The van der Waals surface area contributed by atoms with Gasteiger partial charge in [-0.1, -0.05) is 53.3 Å². The Morgan fingerprint density at radius 2 is 1.61 bits per heavy atom. The van der Waals surface area contributed by atoms with Gasteiger partial charge in [-0.15, -0.1) is 10.2 Å². The van der Waals surface area contributed by atoms with Crippen LogP contribution in [0.1, 0.15) is 37.1 Å². The van der Waals surface area contributed by atoms with Crippen molar-refractivity contribution in [1.29, 1.82) is 0 Å². The van der Waals surface area contributed by atoms with Gasteiger partial charge in [-0.3, -0.25) is 14.5 Å². The smallest absolute Gasteiger partial charge is 0.261 e. The zero-order valence-electron chi connectivity index (χ0n) is 18.1. The third-order valence-corrected chi connectivity index (χ3v) is 6.21. The molecule has 4 aromatic rings. The van der Waals surface area contributed by atoms with E-state index in [0.717, 1.165) is 16.3 Å². The largest absolute Gasteiger partial charge is 0.315 e. The van der Waals surface area contributed by atoms with Crippen LogP contribution in [0.5, 0.6) is 0 Å². The molecule has 33 heavy (non-hydrogen) atoms. The predicted molar refractivity (Wildman–Crippen MR) is 126 cm³/mol. The molecule has 0 saturated heterocycles. The molecule has 8 nitrogen and oxygen atoms in total. The second kappa shape index (κ2) is 8.51. The van der Waals surface area contributed by atoms with Crippen LogP contribution >= 0.6 is 11.3 Å². The van der Waals surface area contributed by atoms with Gasteiger partial charge in [-0.05, 0) is 26.0 Å². The van der Waals surface area contributed by atoms with Crippen LogP contribution in [0.2, 0.25) is 0 Å². The van der Waals surface area contributed by atoms with Crippen LogP contribution in [-0.4, -0.2) is 43.4 Å². The number of nitrogens with one attached hydrogen (secondary N) is 1. The normalized spacial score (nSPS) is 12.8. The number of aryl methyl sites for hydroxylation is 2. The fourth-order valence-electron chi connectivity index (χ4n) is 3.67. The summed E-state index contributed by atoms with van der Waals surface area (Å²) >= 11 is 1.36. The highest BCUT2D eigenvalue weighted by molar-refractivity contribution is 7.15. The summed E-state index contributed by atoms with van der Waals surface area (Å²) in [7, 11) is 0. The first-order chi connectivity index (χ1) is 16.0. The van der Waals surface area contributed by atoms with E-state index in [2.05, 4.69) is 25.5 Å². The molecule has 0 aliphatic carbocycles. The van der Waals surface area contributed by atoms with Crippen molar-refractivity contribution >= 4 is 34.1 Å². The van der Waals surface area contributed by atoms with E-state index in [4.69, 9.17) is 0 Å². The number of aromatic nitrogens is 4. The highest BCUT2D eigenvalue weighted by atomic mass is 32.1. The van der Waals surface area contributed by atoms with Gasteiger partial charge in [0.25, 0.3) is 11.8 Å². The van der Waals surface area contributed by atoms with E-state index >= 15 is 0 Å². The summed E-state index contributed by atoms with van der Waals surface area (Å²) in [5.74, 6) is 0.740. The summed E-state index contributed by atoms with van der Waals surface area (Å²) in [4.78, 5) is 35.3. The summed E-state index contributed by atoms with van der Waals surface area (Å²) in [6, 6.07) is 16.9. The van der Waals surface area contributed by atoms with Crippen molar-refractivity contribution in [3.63, 3.8) is 0 Å². The molecular formula is C24H20N6O2S. The number of benzene rings is 2. The average Bonchev–Trinajstić information content (AvgIpc) is 3.35. The highest BCUT2D eigenvalue weighted by Crippen LogP contribution is 2.26. The molecule has 3 heterocycles. The van der Waals surface area contributed by atoms with E-state index < -0.39 is 0 Å². The van der Waals surface area contributed by atoms with Crippen LogP contribution in [0.25, 0.3) is 11.3 Å². The molecule has 0 radical (unpaired) electrons. The standard InChI is InChI=1S/C24H20N6O2S/c1-14-7-9-16(10-8-14)19-13-20(26-15(2)25-19)27-24-29-28-21(33-24)11-12-30-22(31)17-5-3-4-6-18(17)23(30)32/h3-10,13H,11-12H2,1-2H3,(H,25,26,27,29). The Bertz CT molecular complexity index is 1330. The first kappa shape index (κ1) is 20.9. The maximum absolute atomic E-state index is 12.5. The first-order valence-electron chi connectivity index (χ1n) is 10.5. The highest BCUT2D eigenvalue weighted by Gasteiger charge is 2.34. The van der Waals surface area contributed by atoms with Crippen molar-refractivity contribution in [2.24, 2.45) is 0 Å². The Kier molecular flexibility index (Phi) is 5.39. The van der Waals surface area contributed by atoms with Crippen molar-refractivity contribution in [1.82, 2.24) is 25.1 Å². The Labute approximate surface area is 194 Å². The summed E-state index contributed by atoms with van der Waals surface area (Å²) in [6.07, 6.45) is 0.433. The molecule has 0 unspecified atom stereocenters. The fraction of sp³-hybridized carbons (Fsp3) is 0.167. The summed E-state index contributed by atoms with van der Waals surface area (Å²) in [6.45, 7) is 4.14. The number of carbonyl (C=O) groups excluding carboxylic acids is 2. The summed E-state index contributed by atoms with van der Waals surface area (Å²) < 4.78 is 0. The third-order valence-electron chi connectivity index (χ3n) is 5.31. The third kappa shape index (κ3) is 4.22. The molecule has 0 bridgehead atoms. The average molecular weight is 457 g/mol. The van der Waals surface area contributed by atoms with Gasteiger partial charge in [0.05, 0.1) is 16.8 Å². The van der Waals surface area contributed by atoms with E-state index in [1.807, 2.05) is 44.2 Å². The minimum absolute atomic E-state index is 0.255. The number of hydrogen-bond acceptors (Lipinski definition) is 8. The van der Waals surface area contributed by atoms with Crippen molar-refractivity contribution in [3.05, 3.63) is 82.1 Å². The number of carbonyl (C=O) groups is 2. The van der Waals surface area contributed by atoms with Crippen LogP contribution in [0.4, 0.5) is 10.9 Å². The van der Waals surface area contributed by atoms with Crippen molar-refractivity contribution in [2.45, 2.75) is 20.3 Å². The molecule has 1 N–H and O–H groups in total. The molecular weight excluding hydrogens is 436 g/mol. The number of amides is 2. The number of anilines is 2. The lowest BCUT2D eigenvalue weighted by molar-refractivity contribution is 0.0656. The van der Waals surface area contributed by atoms with E-state index in [0.29, 0.717) is 34.3 Å². The lowest BCUT2D eigenvalue weighted by atomic mass is 10.1. The summed E-state index contributed by atoms with van der Waals surface area (Å²) in [5.41, 5.74) is 3.91. The molecule has 1 aliphatic rings. The molecule has 164 valence electrons. The zero-order valence-corrected chi connectivity index (χ0v) is 18.9. The van der Waals surface area contributed by atoms with Crippen molar-refractivity contribution in [3.8, 4) is 11.3 Å². The van der Waals surface area contributed by atoms with Gasteiger partial charge in [-0.25, -0.2) is 9.97 Å². The molecule has 5 rings (SSSR count). The zero-order chi connectivity index (χ0) is 22.9. The van der Waals surface area contributed by atoms with E-state index in [1.165, 1.54) is 21.8 Å². The van der Waals surface area contributed by atoms with Gasteiger partial charge >= 0.3 is 0 Å². The van der Waals surface area contributed by atoms with Gasteiger partial charge in [0.2, 0.25) is 5.13 Å². The van der Waals surface area contributed by atoms with Crippen LogP contribution in [-0.2, 0) is 6.42 Å². The molecule has 2 aromatic carbocycles. The van der Waals surface area contributed by atoms with E-state index in [9.17, 15) is 9.59 Å². The molecule has 0 spiro atoms. The molecule has 0 atom stereocenters. The van der Waals surface area contributed by atoms with Crippen LogP contribution < -0.4 is 5.32 Å². The molecule has 2 aromatic heterocycles. The maximum Gasteiger partial charge on any atom is 0.261 e. The predicted octanol–water partition coefficient (Wildman–Crippen LogP) is 4.19. The van der Waals surface area contributed by atoms with Gasteiger partial charge in [0, 0.05) is 24.6 Å². The van der Waals surface area contributed by atoms with Crippen molar-refractivity contribution < 1.29 is 9.59 Å². The second-order valence-electron chi connectivity index (χ2n) is 7.74. The Morgan fingerprint density at radius 1 is 0.909 bits per heavy atom. The number of nitrogens with zero attached hydrogens (tertiary/aromatic N) is 5. The fourth-order valence-corrected chi connectivity index (χ4v) is 4.40. The van der Waals surface area contributed by atoms with Gasteiger partial charge in [0.1, 0.15) is 16.6 Å². The lowest BCUT2D eigenvalue weighted by Gasteiger charge is -2.12. The SMILES string of the molecule is Cc1ccc(-c2cc(Nc3nnc(CCN4C(=O)c5ccccc5C4=O)s3)nc(C)n2)cc1. The minimum Gasteiger partial charge on any atom is -0.315 e. The number of fused-ring (bicyclic) bond motifs is 1. The Balaban J connectivity index is 1.27.